The van der Waals surface area contributed by atoms with Crippen LogP contribution in [0.15, 0.2) is 79.0 Å². The molecule has 3 fully saturated rings. The van der Waals surface area contributed by atoms with Crippen LogP contribution in [0.1, 0.15) is 77.3 Å². The fraction of sp³-hybridized carbons (Fsp3) is 0.341. The zero-order valence-corrected chi connectivity index (χ0v) is 30.2. The normalized spacial score (nSPS) is 20.4. The fourth-order valence-corrected chi connectivity index (χ4v) is 8.49. The average Bonchev–Trinajstić information content (AvgIpc) is 3.92. The van der Waals surface area contributed by atoms with Gasteiger partial charge in [0.05, 0.1) is 29.1 Å². The van der Waals surface area contributed by atoms with Crippen LogP contribution in [0.25, 0.3) is 17.0 Å². The summed E-state index contributed by atoms with van der Waals surface area (Å²) in [6.45, 7) is 3.30. The van der Waals surface area contributed by atoms with Gasteiger partial charge in [0.1, 0.15) is 29.2 Å². The van der Waals surface area contributed by atoms with E-state index in [2.05, 4.69) is 25.4 Å². The summed E-state index contributed by atoms with van der Waals surface area (Å²) in [5, 5.41) is 10.7. The highest BCUT2D eigenvalue weighted by molar-refractivity contribution is 6.23. The standard InChI is InChI=1S/C41H40FN9O4/c42-27-5-1-4-26(22-27)32-7-3-19-49(32)37-13-12-35-44-24-34(51(35)47-37)31-6-2-8-36(45-31)48-20-16-25(17-21-48)15-18-43-28-9-10-29-30(23-28)41(55)50(40(29)54)33-11-14-38(52)46-39(33)53/h1-2,4-6,8-10,12-13,22-25,32-33,43H,3,7,11,14-21H2,(H,46,52,53). The minimum Gasteiger partial charge on any atom is -0.385 e. The first kappa shape index (κ1) is 34.6. The smallest absolute Gasteiger partial charge is 0.262 e. The minimum atomic E-state index is -0.982. The molecule has 0 saturated carbocycles. The Hall–Kier alpha value is -6.18. The lowest BCUT2D eigenvalue weighted by Gasteiger charge is -2.33. The van der Waals surface area contributed by atoms with Gasteiger partial charge in [0.2, 0.25) is 11.8 Å². The summed E-state index contributed by atoms with van der Waals surface area (Å²) in [4.78, 5) is 65.5. The van der Waals surface area contributed by atoms with Crippen molar-refractivity contribution in [3.63, 3.8) is 0 Å². The van der Waals surface area contributed by atoms with Gasteiger partial charge in [0, 0.05) is 38.3 Å². The molecule has 0 spiro atoms. The number of benzene rings is 2. The lowest BCUT2D eigenvalue weighted by atomic mass is 9.93. The van der Waals surface area contributed by atoms with Gasteiger partial charge >= 0.3 is 0 Å². The van der Waals surface area contributed by atoms with Crippen LogP contribution in [-0.2, 0) is 9.59 Å². The number of anilines is 3. The molecule has 3 saturated heterocycles. The Morgan fingerprint density at radius 2 is 1.65 bits per heavy atom. The van der Waals surface area contributed by atoms with Gasteiger partial charge < -0.3 is 15.1 Å². The van der Waals surface area contributed by atoms with Crippen LogP contribution in [0.2, 0.25) is 0 Å². The van der Waals surface area contributed by atoms with Gasteiger partial charge in [-0.3, -0.25) is 29.4 Å². The summed E-state index contributed by atoms with van der Waals surface area (Å²) in [6.07, 6.45) is 6.93. The molecule has 2 atom stereocenters. The van der Waals surface area contributed by atoms with Crippen molar-refractivity contribution >= 4 is 46.6 Å². The Balaban J connectivity index is 0.814. The number of halogens is 1. The molecule has 2 unspecified atom stereocenters. The maximum Gasteiger partial charge on any atom is 0.262 e. The van der Waals surface area contributed by atoms with Crippen molar-refractivity contribution in [1.29, 1.82) is 0 Å². The molecule has 13 nitrogen and oxygen atoms in total. The topological polar surface area (TPSA) is 145 Å². The van der Waals surface area contributed by atoms with Crippen molar-refractivity contribution < 1.29 is 23.6 Å². The molecule has 0 aliphatic carbocycles. The molecule has 280 valence electrons. The number of nitrogens with one attached hydrogen (secondary N) is 2. The van der Waals surface area contributed by atoms with Crippen LogP contribution in [0, 0.1) is 11.7 Å². The van der Waals surface area contributed by atoms with Crippen molar-refractivity contribution in [2.75, 3.05) is 41.3 Å². The number of aromatic nitrogens is 4. The Labute approximate surface area is 316 Å². The number of fused-ring (bicyclic) bond motifs is 2. The summed E-state index contributed by atoms with van der Waals surface area (Å²) >= 11 is 0. The first-order valence-electron chi connectivity index (χ1n) is 19.0. The van der Waals surface area contributed by atoms with Gasteiger partial charge in [0.15, 0.2) is 5.65 Å². The molecule has 2 N–H and O–H groups in total. The van der Waals surface area contributed by atoms with Crippen LogP contribution in [0.5, 0.6) is 0 Å². The fourth-order valence-electron chi connectivity index (χ4n) is 8.49. The molecule has 9 rings (SSSR count). The molecule has 7 heterocycles. The molecular weight excluding hydrogens is 702 g/mol. The van der Waals surface area contributed by atoms with E-state index in [4.69, 9.17) is 10.1 Å². The molecule has 5 aromatic rings. The number of hydrogen-bond acceptors (Lipinski definition) is 10. The number of hydrogen-bond donors (Lipinski definition) is 2. The highest BCUT2D eigenvalue weighted by Crippen LogP contribution is 2.36. The molecule has 3 aromatic heterocycles. The highest BCUT2D eigenvalue weighted by atomic mass is 19.1. The van der Waals surface area contributed by atoms with Gasteiger partial charge in [-0.15, -0.1) is 5.10 Å². The van der Waals surface area contributed by atoms with Crippen LogP contribution in [0.3, 0.4) is 0 Å². The van der Waals surface area contributed by atoms with E-state index in [9.17, 15) is 23.6 Å². The molecule has 0 radical (unpaired) electrons. The van der Waals surface area contributed by atoms with E-state index in [1.54, 1.807) is 30.3 Å². The maximum atomic E-state index is 14.1. The quantitative estimate of drug-likeness (QED) is 0.189. The second kappa shape index (κ2) is 14.2. The third kappa shape index (κ3) is 6.55. The largest absolute Gasteiger partial charge is 0.385 e. The SMILES string of the molecule is O=C1CCC(N2C(=O)c3ccc(NCCC4CCN(c5cccc(-c6cnc7ccc(N8CCCC8c8cccc(F)c8)nn67)n5)CC4)cc3C2=O)C(=O)N1. The van der Waals surface area contributed by atoms with Crippen molar-refractivity contribution in [1.82, 2.24) is 29.8 Å². The van der Waals surface area contributed by atoms with E-state index in [1.165, 1.54) is 6.07 Å². The van der Waals surface area contributed by atoms with Crippen LogP contribution < -0.4 is 20.4 Å². The lowest BCUT2D eigenvalue weighted by Crippen LogP contribution is -2.54. The summed E-state index contributed by atoms with van der Waals surface area (Å²) in [6, 6.07) is 21.0. The second-order valence-electron chi connectivity index (χ2n) is 14.7. The lowest BCUT2D eigenvalue weighted by molar-refractivity contribution is -0.136. The third-order valence-corrected chi connectivity index (χ3v) is 11.4. The number of pyridine rings is 1. The number of piperidine rings is 2. The van der Waals surface area contributed by atoms with Crippen molar-refractivity contribution in [2.45, 2.75) is 57.0 Å². The molecule has 14 heteroatoms. The van der Waals surface area contributed by atoms with E-state index < -0.39 is 29.7 Å². The monoisotopic (exact) mass is 741 g/mol. The number of imidazole rings is 1. The van der Waals surface area contributed by atoms with Crippen molar-refractivity contribution in [3.05, 3.63) is 102 Å². The molecule has 55 heavy (non-hydrogen) atoms. The van der Waals surface area contributed by atoms with Gasteiger partial charge in [-0.1, -0.05) is 18.2 Å². The van der Waals surface area contributed by atoms with E-state index in [0.29, 0.717) is 12.5 Å². The number of rotatable bonds is 9. The molecule has 4 aliphatic rings. The Morgan fingerprint density at radius 1 is 0.818 bits per heavy atom. The second-order valence-corrected chi connectivity index (χ2v) is 14.7. The van der Waals surface area contributed by atoms with E-state index >= 15 is 0 Å². The van der Waals surface area contributed by atoms with E-state index in [-0.39, 0.29) is 35.8 Å². The predicted octanol–water partition coefficient (Wildman–Crippen LogP) is 5.39. The third-order valence-electron chi connectivity index (χ3n) is 11.4. The number of carbonyl (C=O) groups is 4. The predicted molar refractivity (Wildman–Crippen MR) is 203 cm³/mol. The summed E-state index contributed by atoms with van der Waals surface area (Å²) in [7, 11) is 0. The summed E-state index contributed by atoms with van der Waals surface area (Å²) < 4.78 is 15.9. The highest BCUT2D eigenvalue weighted by Gasteiger charge is 2.44. The van der Waals surface area contributed by atoms with Gasteiger partial charge in [-0.05, 0) is 105 Å². The first-order valence-corrected chi connectivity index (χ1v) is 19.0. The number of amides is 4. The zero-order valence-electron chi connectivity index (χ0n) is 30.2. The van der Waals surface area contributed by atoms with E-state index in [1.807, 2.05) is 47.1 Å². The molecule has 0 bridgehead atoms. The molecular formula is C41H40FN9O4. The Morgan fingerprint density at radius 3 is 2.49 bits per heavy atom. The van der Waals surface area contributed by atoms with Crippen LogP contribution in [0.4, 0.5) is 21.7 Å². The molecule has 4 amide bonds. The van der Waals surface area contributed by atoms with Crippen molar-refractivity contribution in [2.24, 2.45) is 5.92 Å². The Kier molecular flexibility index (Phi) is 8.95. The molecule has 4 aliphatic heterocycles. The van der Waals surface area contributed by atoms with Crippen LogP contribution >= 0.6 is 0 Å². The van der Waals surface area contributed by atoms with Gasteiger partial charge in [-0.2, -0.15) is 0 Å². The average molecular weight is 742 g/mol. The van der Waals surface area contributed by atoms with Gasteiger partial charge in [-0.25, -0.2) is 18.9 Å². The van der Waals surface area contributed by atoms with Crippen molar-refractivity contribution in [3.8, 4) is 11.4 Å². The number of imide groups is 2. The summed E-state index contributed by atoms with van der Waals surface area (Å²) in [5.41, 5.74) is 4.56. The zero-order chi connectivity index (χ0) is 37.6. The maximum absolute atomic E-state index is 14.1. The summed E-state index contributed by atoms with van der Waals surface area (Å²) in [5.74, 6) is -0.0212. The number of carbonyl (C=O) groups excluding carboxylic acids is 4. The number of nitrogens with zero attached hydrogens (tertiary/aromatic N) is 7. The minimum absolute atomic E-state index is 0.0596. The van der Waals surface area contributed by atoms with E-state index in [0.717, 1.165) is 96.6 Å². The first-order chi connectivity index (χ1) is 26.8. The van der Waals surface area contributed by atoms with Crippen LogP contribution in [-0.4, -0.2) is 80.3 Å². The molecule has 2 aromatic carbocycles. The Bertz CT molecular complexity index is 2340. The van der Waals surface area contributed by atoms with Gasteiger partial charge in [0.25, 0.3) is 11.8 Å².